The summed E-state index contributed by atoms with van der Waals surface area (Å²) in [6.07, 6.45) is 0. The molecule has 4 aromatic carbocycles. The number of para-hydroxylation sites is 4. The zero-order valence-corrected chi connectivity index (χ0v) is 20.6. The molecule has 0 saturated carbocycles. The van der Waals surface area contributed by atoms with Crippen molar-refractivity contribution >= 4 is 33.9 Å². The Balaban J connectivity index is 0.000000373. The van der Waals surface area contributed by atoms with Gasteiger partial charge in [-0.3, -0.25) is 9.80 Å². The molecule has 192 valence electrons. The highest BCUT2D eigenvalue weighted by Gasteiger charge is 2.39. The molecule has 0 aromatic heterocycles. The summed E-state index contributed by atoms with van der Waals surface area (Å²) in [5.41, 5.74) is 13.2. The van der Waals surface area contributed by atoms with E-state index in [4.69, 9.17) is 30.6 Å². The second-order valence-electron chi connectivity index (χ2n) is 9.00. The van der Waals surface area contributed by atoms with Crippen molar-refractivity contribution in [2.24, 2.45) is 0 Å². The molecule has 2 aliphatic heterocycles. The fourth-order valence-corrected chi connectivity index (χ4v) is 5.17. The van der Waals surface area contributed by atoms with E-state index < -0.39 is 10.2 Å². The van der Waals surface area contributed by atoms with E-state index in [1.807, 2.05) is 0 Å². The third kappa shape index (κ3) is 4.94. The maximum absolute atomic E-state index is 8.25. The highest BCUT2D eigenvalue weighted by atomic mass is 16.9. The van der Waals surface area contributed by atoms with Crippen molar-refractivity contribution in [3.8, 4) is 0 Å². The number of hydrogen-bond acceptors (Lipinski definition) is 6. The fraction of sp³-hybridized carbons (Fsp3) is 0.0714. The summed E-state index contributed by atoms with van der Waals surface area (Å²) in [5.74, 6) is 0. The molecular weight excluding hydrogens is 488 g/mol. The molecule has 2 aliphatic rings. The molecule has 10 heteroatoms. The summed E-state index contributed by atoms with van der Waals surface area (Å²) in [6.45, 7) is 0. The van der Waals surface area contributed by atoms with Gasteiger partial charge in [0.2, 0.25) is 0 Å². The molecule has 0 fully saturated rings. The largest absolute Gasteiger partial charge is 0.356 e. The molecule has 0 bridgehead atoms. The van der Waals surface area contributed by atoms with Crippen LogP contribution in [0.3, 0.4) is 0 Å². The highest BCUT2D eigenvalue weighted by molar-refractivity contribution is 6.13. The smallest absolute Gasteiger partial charge is 0.145 e. The van der Waals surface area contributed by atoms with Crippen molar-refractivity contribution in [2.75, 3.05) is 14.1 Å². The number of benzene rings is 4. The number of nitrogens with zero attached hydrogens (tertiary/aromatic N) is 3. The van der Waals surface area contributed by atoms with Crippen LogP contribution >= 0.6 is 0 Å². The normalized spacial score (nSPS) is 13.6. The first-order chi connectivity index (χ1) is 18.1. The number of rotatable bonds is 0. The number of hydrogen-bond donors (Lipinski definition) is 1. The van der Waals surface area contributed by atoms with Gasteiger partial charge in [-0.05, 0) is 24.3 Å². The predicted octanol–water partition coefficient (Wildman–Crippen LogP) is 5.27. The summed E-state index contributed by atoms with van der Waals surface area (Å²) < 4.78 is 0.749. The van der Waals surface area contributed by atoms with E-state index >= 15 is 0 Å². The molecule has 0 amide bonds. The molecule has 0 atom stereocenters. The van der Waals surface area contributed by atoms with E-state index in [0.717, 1.165) is 4.48 Å². The maximum atomic E-state index is 8.25. The van der Waals surface area contributed by atoms with Crippen LogP contribution < -0.4 is 9.80 Å². The van der Waals surface area contributed by atoms with Crippen LogP contribution in [0.1, 0.15) is 22.3 Å². The van der Waals surface area contributed by atoms with E-state index in [9.17, 15) is 0 Å². The third-order valence-electron chi connectivity index (χ3n) is 6.57. The molecule has 0 unspecified atom stereocenters. The lowest BCUT2D eigenvalue weighted by Gasteiger charge is -2.38. The van der Waals surface area contributed by atoms with Crippen molar-refractivity contribution in [3.63, 3.8) is 0 Å². The van der Waals surface area contributed by atoms with Crippen LogP contribution in [0.25, 0.3) is 11.1 Å². The van der Waals surface area contributed by atoms with E-state index in [2.05, 4.69) is 116 Å². The molecule has 0 spiro atoms. The third-order valence-corrected chi connectivity index (χ3v) is 6.57. The lowest BCUT2D eigenvalue weighted by atomic mass is 9.79. The number of quaternary nitrogens is 2. The Morgan fingerprint density at radius 2 is 0.816 bits per heavy atom. The van der Waals surface area contributed by atoms with E-state index in [1.165, 1.54) is 56.1 Å². The van der Waals surface area contributed by atoms with Crippen LogP contribution in [0.5, 0.6) is 0 Å². The lowest BCUT2D eigenvalue weighted by molar-refractivity contribution is -0.480. The number of fused-ring (bicyclic) bond motifs is 4. The summed E-state index contributed by atoms with van der Waals surface area (Å²) in [6, 6.07) is 35.3. The van der Waals surface area contributed by atoms with Gasteiger partial charge in [0, 0.05) is 57.7 Å². The second kappa shape index (κ2) is 10.5. The molecule has 6 rings (SSSR count). The molecule has 0 radical (unpaired) electrons. The summed E-state index contributed by atoms with van der Waals surface area (Å²) in [5, 5.41) is 31.8. The van der Waals surface area contributed by atoms with Crippen LogP contribution in [-0.4, -0.2) is 24.3 Å². The van der Waals surface area contributed by atoms with Crippen molar-refractivity contribution in [1.29, 1.82) is 0 Å². The van der Waals surface area contributed by atoms with Crippen LogP contribution in [0.2, 0.25) is 0 Å². The Morgan fingerprint density at radius 3 is 1.21 bits per heavy atom. The van der Waals surface area contributed by atoms with Gasteiger partial charge in [-0.15, -0.1) is 0 Å². The lowest BCUT2D eigenvalue weighted by Crippen LogP contribution is -2.73. The van der Waals surface area contributed by atoms with Crippen molar-refractivity contribution in [3.05, 3.63) is 150 Å². The molecule has 4 aromatic rings. The van der Waals surface area contributed by atoms with Crippen molar-refractivity contribution < 1.29 is 15.5 Å². The average Bonchev–Trinajstić information content (AvgIpc) is 2.88. The Bertz CT molecular complexity index is 1450. The first-order valence-corrected chi connectivity index (χ1v) is 11.6. The SMILES string of the molecule is C[N+]1(C)c2ccccc2C(=C2c3ccccc3[NH2+]c3ccccc32)c2ccccc21.O=[N+]([O-])[O-].O=[N+]([O-])[O-]. The average molecular weight is 513 g/mol. The van der Waals surface area contributed by atoms with Gasteiger partial charge in [0.25, 0.3) is 0 Å². The number of nitrogens with two attached hydrogens (primary N) is 1. The zero-order valence-electron chi connectivity index (χ0n) is 20.6. The monoisotopic (exact) mass is 512 g/mol. The minimum atomic E-state index is -1.75. The Morgan fingerprint density at radius 1 is 0.526 bits per heavy atom. The van der Waals surface area contributed by atoms with E-state index in [1.54, 1.807) is 0 Å². The van der Waals surface area contributed by atoms with Gasteiger partial charge < -0.3 is 30.6 Å². The van der Waals surface area contributed by atoms with Gasteiger partial charge >= 0.3 is 0 Å². The summed E-state index contributed by atoms with van der Waals surface area (Å²) in [4.78, 5) is 16.5. The molecule has 38 heavy (non-hydrogen) atoms. The molecule has 2 N–H and O–H groups in total. The molecular formula is C28H24N4O6. The van der Waals surface area contributed by atoms with Gasteiger partial charge in [-0.2, -0.15) is 0 Å². The predicted molar refractivity (Wildman–Crippen MR) is 146 cm³/mol. The van der Waals surface area contributed by atoms with Crippen LogP contribution in [-0.2, 0) is 0 Å². The molecule has 0 saturated heterocycles. The summed E-state index contributed by atoms with van der Waals surface area (Å²) in [7, 11) is 4.57. The Kier molecular flexibility index (Phi) is 7.19. The summed E-state index contributed by atoms with van der Waals surface area (Å²) >= 11 is 0. The van der Waals surface area contributed by atoms with Crippen LogP contribution in [0.15, 0.2) is 97.1 Å². The molecule has 10 nitrogen and oxygen atoms in total. The first kappa shape index (κ1) is 26.0. The van der Waals surface area contributed by atoms with Gasteiger partial charge in [-0.25, -0.2) is 0 Å². The van der Waals surface area contributed by atoms with Crippen molar-refractivity contribution in [2.45, 2.75) is 0 Å². The fourth-order valence-electron chi connectivity index (χ4n) is 5.17. The van der Waals surface area contributed by atoms with Crippen LogP contribution in [0, 0.1) is 30.6 Å². The van der Waals surface area contributed by atoms with Gasteiger partial charge in [0.15, 0.2) is 0 Å². The highest BCUT2D eigenvalue weighted by Crippen LogP contribution is 2.52. The van der Waals surface area contributed by atoms with Gasteiger partial charge in [0.05, 0.1) is 24.3 Å². The van der Waals surface area contributed by atoms with Gasteiger partial charge in [0.1, 0.15) is 22.7 Å². The minimum Gasteiger partial charge on any atom is -0.356 e. The zero-order chi connectivity index (χ0) is 27.4. The Hall–Kier alpha value is -5.06. The molecule has 2 heterocycles. The van der Waals surface area contributed by atoms with Gasteiger partial charge in [-0.1, -0.05) is 48.5 Å². The van der Waals surface area contributed by atoms with E-state index in [-0.39, 0.29) is 0 Å². The van der Waals surface area contributed by atoms with Crippen LogP contribution in [0.4, 0.5) is 22.7 Å². The quantitative estimate of drug-likeness (QED) is 0.129. The standard InChI is InChI=1S/C28H23N2.2NO3/c1-30(2)25-17-9-5-13-21(25)28(22-14-6-10-18-26(22)30)27-19-11-3-7-15-23(19)29-24-16-8-4-12-20(24)27;2*2-1(3)4/h3-18,29H,1-2H3;;/q+1;2*-1/p+1. The minimum absolute atomic E-state index is 0.749. The topological polar surface area (TPSA) is 149 Å². The second-order valence-corrected chi connectivity index (χ2v) is 9.00. The maximum Gasteiger partial charge on any atom is 0.145 e. The first-order valence-electron chi connectivity index (χ1n) is 11.6. The van der Waals surface area contributed by atoms with Crippen molar-refractivity contribution in [1.82, 2.24) is 4.48 Å². The van der Waals surface area contributed by atoms with E-state index in [0.29, 0.717) is 0 Å². The molecule has 0 aliphatic carbocycles. The Labute approximate surface area is 218 Å².